The van der Waals surface area contributed by atoms with Crippen LogP contribution >= 0.6 is 12.4 Å². The third kappa shape index (κ3) is 3.89. The lowest BCUT2D eigenvalue weighted by Crippen LogP contribution is -2.46. The van der Waals surface area contributed by atoms with Crippen molar-refractivity contribution < 1.29 is 4.79 Å². The molecule has 0 aliphatic heterocycles. The van der Waals surface area contributed by atoms with Crippen LogP contribution in [0.2, 0.25) is 0 Å². The van der Waals surface area contributed by atoms with Crippen molar-refractivity contribution >= 4 is 18.3 Å². The van der Waals surface area contributed by atoms with E-state index >= 15 is 0 Å². The van der Waals surface area contributed by atoms with Gasteiger partial charge in [0.25, 0.3) is 0 Å². The second-order valence-corrected chi connectivity index (χ2v) is 7.15. The first kappa shape index (κ1) is 18.3. The summed E-state index contributed by atoms with van der Waals surface area (Å²) in [7, 11) is 0. The Morgan fingerprint density at radius 1 is 1.22 bits per heavy atom. The first-order chi connectivity index (χ1) is 10.7. The van der Waals surface area contributed by atoms with Crippen LogP contribution in [0.5, 0.6) is 0 Å². The van der Waals surface area contributed by atoms with E-state index in [0.29, 0.717) is 18.4 Å². The Morgan fingerprint density at radius 2 is 2.00 bits per heavy atom. The van der Waals surface area contributed by atoms with Crippen LogP contribution in [0.3, 0.4) is 0 Å². The lowest BCUT2D eigenvalue weighted by Gasteiger charge is -2.36. The molecule has 128 valence electrons. The van der Waals surface area contributed by atoms with Crippen molar-refractivity contribution in [3.8, 4) is 0 Å². The number of benzene rings is 1. The molecule has 2 saturated carbocycles. The predicted molar refractivity (Wildman–Crippen MR) is 96.6 cm³/mol. The minimum atomic E-state index is -0.160. The van der Waals surface area contributed by atoms with Crippen LogP contribution in [0.25, 0.3) is 0 Å². The van der Waals surface area contributed by atoms with Crippen molar-refractivity contribution in [2.24, 2.45) is 23.0 Å². The number of amides is 1. The van der Waals surface area contributed by atoms with Gasteiger partial charge in [0.2, 0.25) is 5.91 Å². The van der Waals surface area contributed by atoms with Gasteiger partial charge in [0.05, 0.1) is 5.41 Å². The molecule has 0 spiro atoms. The summed E-state index contributed by atoms with van der Waals surface area (Å²) in [4.78, 5) is 13.0. The highest BCUT2D eigenvalue weighted by Crippen LogP contribution is 2.57. The smallest absolute Gasteiger partial charge is 0.226 e. The number of nitrogens with two attached hydrogens (primary N) is 1. The van der Waals surface area contributed by atoms with Crippen molar-refractivity contribution in [2.45, 2.75) is 44.9 Å². The summed E-state index contributed by atoms with van der Waals surface area (Å²) in [6.07, 6.45) is 7.75. The Labute approximate surface area is 145 Å². The number of hydrogen-bond donors (Lipinski definition) is 2. The molecule has 3 atom stereocenters. The number of nitrogens with one attached hydrogen (secondary N) is 1. The molecule has 2 fully saturated rings. The van der Waals surface area contributed by atoms with Gasteiger partial charge >= 0.3 is 0 Å². The fraction of sp³-hybridized carbons (Fsp3) is 0.632. The summed E-state index contributed by atoms with van der Waals surface area (Å²) in [5.41, 5.74) is 6.67. The van der Waals surface area contributed by atoms with Crippen LogP contribution < -0.4 is 11.1 Å². The zero-order chi connectivity index (χ0) is 15.4. The first-order valence-corrected chi connectivity index (χ1v) is 8.77. The number of carbonyl (C=O) groups is 1. The molecular weight excluding hydrogens is 308 g/mol. The summed E-state index contributed by atoms with van der Waals surface area (Å²) < 4.78 is 0. The Balaban J connectivity index is 0.00000192. The van der Waals surface area contributed by atoms with Crippen molar-refractivity contribution in [1.82, 2.24) is 5.32 Å². The fourth-order valence-corrected chi connectivity index (χ4v) is 4.63. The number of halogens is 1. The van der Waals surface area contributed by atoms with E-state index in [9.17, 15) is 4.79 Å². The van der Waals surface area contributed by atoms with Gasteiger partial charge in [-0.1, -0.05) is 36.8 Å². The van der Waals surface area contributed by atoms with Crippen LogP contribution in [0, 0.1) is 17.3 Å². The molecule has 1 aromatic carbocycles. The van der Waals surface area contributed by atoms with Gasteiger partial charge in [0.1, 0.15) is 0 Å². The third-order valence-corrected chi connectivity index (χ3v) is 5.71. The molecule has 0 saturated heterocycles. The Bertz CT molecular complexity index is 507. The minimum absolute atomic E-state index is 0. The van der Waals surface area contributed by atoms with E-state index in [-0.39, 0.29) is 17.8 Å². The monoisotopic (exact) mass is 336 g/mol. The van der Waals surface area contributed by atoms with E-state index in [1.54, 1.807) is 0 Å². The molecule has 0 radical (unpaired) electrons. The van der Waals surface area contributed by atoms with Crippen molar-refractivity contribution in [3.63, 3.8) is 0 Å². The van der Waals surface area contributed by atoms with E-state index in [4.69, 9.17) is 5.73 Å². The Kier molecular flexibility index (Phi) is 6.49. The summed E-state index contributed by atoms with van der Waals surface area (Å²) >= 11 is 0. The summed E-state index contributed by atoms with van der Waals surface area (Å²) in [5.74, 6) is 1.64. The van der Waals surface area contributed by atoms with Crippen molar-refractivity contribution in [2.75, 3.05) is 13.1 Å². The van der Waals surface area contributed by atoms with Gasteiger partial charge in [-0.3, -0.25) is 4.79 Å². The molecule has 0 heterocycles. The number of unbranched alkanes of at least 4 members (excludes halogenated alkanes) is 1. The maximum absolute atomic E-state index is 13.0. The largest absolute Gasteiger partial charge is 0.356 e. The van der Waals surface area contributed by atoms with Crippen molar-refractivity contribution in [3.05, 3.63) is 35.9 Å². The van der Waals surface area contributed by atoms with Crippen LogP contribution in [0.4, 0.5) is 0 Å². The number of rotatable bonds is 7. The molecule has 3 nitrogen and oxygen atoms in total. The van der Waals surface area contributed by atoms with Crippen LogP contribution in [0.1, 0.15) is 44.1 Å². The lowest BCUT2D eigenvalue weighted by atomic mass is 9.68. The van der Waals surface area contributed by atoms with Gasteiger partial charge in [0, 0.05) is 6.54 Å². The van der Waals surface area contributed by atoms with Gasteiger partial charge in [0.15, 0.2) is 0 Å². The van der Waals surface area contributed by atoms with Crippen molar-refractivity contribution in [1.29, 1.82) is 0 Å². The standard InChI is InChI=1S/C19H28N2O.ClH/c20-10-4-5-11-21-18(22)19(13-15-6-2-1-3-7-15)14-16-8-9-17(19)12-16;/h1-3,6-7,16-17H,4-5,8-14,20H2,(H,21,22);1H. The Hall–Kier alpha value is -1.06. The van der Waals surface area contributed by atoms with Gasteiger partial charge in [-0.15, -0.1) is 12.4 Å². The molecule has 0 aromatic heterocycles. The molecule has 1 aromatic rings. The number of hydrogen-bond acceptors (Lipinski definition) is 2. The zero-order valence-corrected chi connectivity index (χ0v) is 14.6. The topological polar surface area (TPSA) is 55.1 Å². The van der Waals surface area contributed by atoms with E-state index in [2.05, 4.69) is 29.6 Å². The quantitative estimate of drug-likeness (QED) is 0.750. The molecule has 4 heteroatoms. The molecule has 3 N–H and O–H groups in total. The highest BCUT2D eigenvalue weighted by atomic mass is 35.5. The van der Waals surface area contributed by atoms with Crippen LogP contribution in [-0.4, -0.2) is 19.0 Å². The van der Waals surface area contributed by atoms with Gasteiger partial charge < -0.3 is 11.1 Å². The number of carbonyl (C=O) groups excluding carboxylic acids is 1. The van der Waals surface area contributed by atoms with E-state index < -0.39 is 0 Å². The first-order valence-electron chi connectivity index (χ1n) is 8.77. The second kappa shape index (κ2) is 8.16. The van der Waals surface area contributed by atoms with Gasteiger partial charge in [-0.2, -0.15) is 0 Å². The molecule has 23 heavy (non-hydrogen) atoms. The van der Waals surface area contributed by atoms with Crippen LogP contribution in [-0.2, 0) is 11.2 Å². The normalized spacial score (nSPS) is 28.4. The maximum Gasteiger partial charge on any atom is 0.226 e. The molecule has 2 bridgehead atoms. The van der Waals surface area contributed by atoms with E-state index in [1.165, 1.54) is 24.8 Å². The second-order valence-electron chi connectivity index (χ2n) is 7.15. The average Bonchev–Trinajstić information content (AvgIpc) is 3.14. The molecule has 1 amide bonds. The summed E-state index contributed by atoms with van der Waals surface area (Å²) in [5, 5.41) is 3.21. The molecule has 3 unspecified atom stereocenters. The van der Waals surface area contributed by atoms with E-state index in [1.807, 2.05) is 6.07 Å². The fourth-order valence-electron chi connectivity index (χ4n) is 4.63. The molecule has 2 aliphatic carbocycles. The molecule has 3 rings (SSSR count). The SMILES string of the molecule is Cl.NCCCCNC(=O)C1(Cc2ccccc2)CC2CCC1C2. The highest BCUT2D eigenvalue weighted by Gasteiger charge is 2.55. The Morgan fingerprint density at radius 3 is 2.61 bits per heavy atom. The average molecular weight is 337 g/mol. The summed E-state index contributed by atoms with van der Waals surface area (Å²) in [6, 6.07) is 10.5. The minimum Gasteiger partial charge on any atom is -0.356 e. The third-order valence-electron chi connectivity index (χ3n) is 5.71. The zero-order valence-electron chi connectivity index (χ0n) is 13.8. The van der Waals surface area contributed by atoms with Gasteiger partial charge in [-0.25, -0.2) is 0 Å². The number of fused-ring (bicyclic) bond motifs is 2. The predicted octanol–water partition coefficient (Wildman–Crippen LogP) is 3.31. The van der Waals surface area contributed by atoms with Gasteiger partial charge in [-0.05, 0) is 62.5 Å². The highest BCUT2D eigenvalue weighted by molar-refractivity contribution is 5.85. The molecular formula is C19H29ClN2O. The lowest BCUT2D eigenvalue weighted by molar-refractivity contribution is -0.134. The summed E-state index contributed by atoms with van der Waals surface area (Å²) in [6.45, 7) is 1.47. The molecule has 2 aliphatic rings. The maximum atomic E-state index is 13.0. The van der Waals surface area contributed by atoms with E-state index in [0.717, 1.165) is 38.1 Å². The van der Waals surface area contributed by atoms with Crippen LogP contribution in [0.15, 0.2) is 30.3 Å².